The number of rotatable bonds is 5. The zero-order valence-electron chi connectivity index (χ0n) is 10.8. The van der Waals surface area contributed by atoms with Crippen LogP contribution in [0, 0.1) is 11.8 Å². The van der Waals surface area contributed by atoms with Crippen molar-refractivity contribution in [2.45, 2.75) is 45.1 Å². The van der Waals surface area contributed by atoms with Crippen LogP contribution in [0.15, 0.2) is 5.16 Å². The van der Waals surface area contributed by atoms with E-state index in [-0.39, 0.29) is 23.9 Å². The Balaban J connectivity index is 2.47. The molecule has 0 aromatic carbocycles. The predicted molar refractivity (Wildman–Crippen MR) is 68.0 cm³/mol. The molecule has 1 unspecified atom stereocenters. The second kappa shape index (κ2) is 6.21. The molecule has 1 saturated carbocycles. The third kappa shape index (κ3) is 3.85. The van der Waals surface area contributed by atoms with Crippen molar-refractivity contribution in [1.29, 1.82) is 0 Å². The van der Waals surface area contributed by atoms with Gasteiger partial charge < -0.3 is 21.4 Å². The number of nitrogens with zero attached hydrogens (tertiary/aromatic N) is 1. The number of amidine groups is 1. The zero-order valence-corrected chi connectivity index (χ0v) is 10.8. The summed E-state index contributed by atoms with van der Waals surface area (Å²) in [4.78, 5) is 0. The van der Waals surface area contributed by atoms with E-state index in [9.17, 15) is 5.11 Å². The summed E-state index contributed by atoms with van der Waals surface area (Å²) in [7, 11) is 0. The van der Waals surface area contributed by atoms with Gasteiger partial charge in [-0.3, -0.25) is 0 Å². The number of nitrogens with two attached hydrogens (primary N) is 1. The molecule has 100 valence electrons. The third-order valence-corrected chi connectivity index (χ3v) is 3.94. The first-order chi connectivity index (χ1) is 8.03. The van der Waals surface area contributed by atoms with Crippen LogP contribution in [0.4, 0.5) is 0 Å². The molecule has 0 spiro atoms. The number of aliphatic hydroxyl groups is 1. The Morgan fingerprint density at radius 3 is 2.59 bits per heavy atom. The fourth-order valence-corrected chi connectivity index (χ4v) is 2.28. The van der Waals surface area contributed by atoms with Gasteiger partial charge in [0.15, 0.2) is 0 Å². The van der Waals surface area contributed by atoms with Crippen molar-refractivity contribution < 1.29 is 10.3 Å². The Labute approximate surface area is 103 Å². The summed E-state index contributed by atoms with van der Waals surface area (Å²) in [5.41, 5.74) is 5.37. The average Bonchev–Trinajstić information content (AvgIpc) is 2.37. The third-order valence-electron chi connectivity index (χ3n) is 3.94. The van der Waals surface area contributed by atoms with Crippen molar-refractivity contribution in [3.8, 4) is 0 Å². The standard InChI is InChI=1S/C12H25N3O2/c1-9-3-5-12(8-16,6-4-9)14-7-10(2)11(13)15-17/h9-10,14,16-17H,3-8H2,1-2H3,(H2,13,15). The summed E-state index contributed by atoms with van der Waals surface area (Å²) in [6, 6.07) is 0. The van der Waals surface area contributed by atoms with Crippen LogP contribution in [0.3, 0.4) is 0 Å². The lowest BCUT2D eigenvalue weighted by molar-refractivity contribution is 0.104. The van der Waals surface area contributed by atoms with Crippen LogP contribution in [0.2, 0.25) is 0 Å². The summed E-state index contributed by atoms with van der Waals surface area (Å²) in [6.45, 7) is 4.94. The molecule has 1 aliphatic rings. The van der Waals surface area contributed by atoms with E-state index < -0.39 is 0 Å². The fourth-order valence-electron chi connectivity index (χ4n) is 2.28. The van der Waals surface area contributed by atoms with E-state index in [1.807, 2.05) is 6.92 Å². The molecule has 1 rings (SSSR count). The molecule has 17 heavy (non-hydrogen) atoms. The summed E-state index contributed by atoms with van der Waals surface area (Å²) in [6.07, 6.45) is 4.28. The van der Waals surface area contributed by atoms with E-state index in [1.165, 1.54) is 0 Å². The van der Waals surface area contributed by atoms with Gasteiger partial charge in [-0.2, -0.15) is 0 Å². The average molecular weight is 243 g/mol. The number of hydrogen-bond acceptors (Lipinski definition) is 4. The van der Waals surface area contributed by atoms with Crippen LogP contribution in [-0.2, 0) is 0 Å². The van der Waals surface area contributed by atoms with Crippen molar-refractivity contribution >= 4 is 5.84 Å². The van der Waals surface area contributed by atoms with Gasteiger partial charge in [0.25, 0.3) is 0 Å². The Bertz CT molecular complexity index is 260. The van der Waals surface area contributed by atoms with E-state index >= 15 is 0 Å². The minimum Gasteiger partial charge on any atom is -0.409 e. The lowest BCUT2D eigenvalue weighted by atomic mass is 9.77. The van der Waals surface area contributed by atoms with Crippen LogP contribution >= 0.6 is 0 Å². The topological polar surface area (TPSA) is 90.9 Å². The molecule has 1 atom stereocenters. The van der Waals surface area contributed by atoms with Crippen molar-refractivity contribution in [1.82, 2.24) is 5.32 Å². The van der Waals surface area contributed by atoms with Gasteiger partial charge in [-0.15, -0.1) is 0 Å². The normalized spacial score (nSPS) is 32.4. The molecule has 0 aromatic heterocycles. The first-order valence-electron chi connectivity index (χ1n) is 6.36. The summed E-state index contributed by atoms with van der Waals surface area (Å²) in [5, 5.41) is 24.6. The first-order valence-corrected chi connectivity index (χ1v) is 6.36. The highest BCUT2D eigenvalue weighted by Gasteiger charge is 2.33. The highest BCUT2D eigenvalue weighted by atomic mass is 16.4. The van der Waals surface area contributed by atoms with Crippen LogP contribution < -0.4 is 11.1 Å². The smallest absolute Gasteiger partial charge is 0.143 e. The van der Waals surface area contributed by atoms with Gasteiger partial charge in [-0.1, -0.05) is 19.0 Å². The van der Waals surface area contributed by atoms with Crippen molar-refractivity contribution in [2.24, 2.45) is 22.7 Å². The Hall–Kier alpha value is -0.810. The monoisotopic (exact) mass is 243 g/mol. The number of hydrogen-bond donors (Lipinski definition) is 4. The minimum absolute atomic E-state index is 0.0252. The highest BCUT2D eigenvalue weighted by Crippen LogP contribution is 2.31. The molecule has 1 aliphatic carbocycles. The first kappa shape index (κ1) is 14.3. The summed E-state index contributed by atoms with van der Waals surface area (Å²) < 4.78 is 0. The molecule has 0 bridgehead atoms. The van der Waals surface area contributed by atoms with E-state index in [1.54, 1.807) is 0 Å². The van der Waals surface area contributed by atoms with Crippen molar-refractivity contribution in [3.05, 3.63) is 0 Å². The van der Waals surface area contributed by atoms with Crippen molar-refractivity contribution in [3.63, 3.8) is 0 Å². The minimum atomic E-state index is -0.170. The van der Waals surface area contributed by atoms with E-state index in [2.05, 4.69) is 17.4 Å². The number of nitrogens with one attached hydrogen (secondary N) is 1. The number of aliphatic hydroxyl groups excluding tert-OH is 1. The number of oxime groups is 1. The molecular formula is C12H25N3O2. The van der Waals surface area contributed by atoms with Crippen LogP contribution in [0.5, 0.6) is 0 Å². The molecule has 0 aliphatic heterocycles. The van der Waals surface area contributed by atoms with E-state index in [0.717, 1.165) is 31.6 Å². The quantitative estimate of drug-likeness (QED) is 0.250. The molecule has 0 aromatic rings. The predicted octanol–water partition coefficient (Wildman–Crippen LogP) is 0.900. The molecule has 0 saturated heterocycles. The van der Waals surface area contributed by atoms with E-state index in [0.29, 0.717) is 6.54 Å². The van der Waals surface area contributed by atoms with Gasteiger partial charge in [-0.25, -0.2) is 0 Å². The van der Waals surface area contributed by atoms with E-state index in [4.69, 9.17) is 10.9 Å². The Morgan fingerprint density at radius 1 is 1.53 bits per heavy atom. The second-order valence-electron chi connectivity index (χ2n) is 5.43. The van der Waals surface area contributed by atoms with Gasteiger partial charge in [0, 0.05) is 18.0 Å². The molecule has 1 fully saturated rings. The maximum Gasteiger partial charge on any atom is 0.143 e. The second-order valence-corrected chi connectivity index (χ2v) is 5.43. The zero-order chi connectivity index (χ0) is 12.9. The van der Waals surface area contributed by atoms with Gasteiger partial charge in [0.05, 0.1) is 6.61 Å². The lowest BCUT2D eigenvalue weighted by Gasteiger charge is -2.39. The fraction of sp³-hybridized carbons (Fsp3) is 0.917. The molecular weight excluding hydrogens is 218 g/mol. The van der Waals surface area contributed by atoms with Crippen LogP contribution in [0.1, 0.15) is 39.5 Å². The summed E-state index contributed by atoms with van der Waals surface area (Å²) >= 11 is 0. The molecule has 5 N–H and O–H groups in total. The van der Waals surface area contributed by atoms with Gasteiger partial charge in [0.2, 0.25) is 0 Å². The van der Waals surface area contributed by atoms with Crippen LogP contribution in [0.25, 0.3) is 0 Å². The Kier molecular flexibility index (Phi) is 5.21. The van der Waals surface area contributed by atoms with Gasteiger partial charge in [0.1, 0.15) is 5.84 Å². The maximum absolute atomic E-state index is 9.56. The molecule has 5 heteroatoms. The Morgan fingerprint density at radius 2 is 2.12 bits per heavy atom. The van der Waals surface area contributed by atoms with Gasteiger partial charge >= 0.3 is 0 Å². The lowest BCUT2D eigenvalue weighted by Crippen LogP contribution is -2.53. The van der Waals surface area contributed by atoms with Crippen LogP contribution in [-0.4, -0.2) is 34.8 Å². The molecule has 0 radical (unpaired) electrons. The van der Waals surface area contributed by atoms with Crippen molar-refractivity contribution in [2.75, 3.05) is 13.2 Å². The largest absolute Gasteiger partial charge is 0.409 e. The molecule has 0 amide bonds. The van der Waals surface area contributed by atoms with Gasteiger partial charge in [-0.05, 0) is 31.6 Å². The maximum atomic E-state index is 9.56. The molecule has 0 heterocycles. The highest BCUT2D eigenvalue weighted by molar-refractivity contribution is 5.82. The summed E-state index contributed by atoms with van der Waals surface area (Å²) in [5.74, 6) is 0.954. The SMILES string of the molecule is CC1CCC(CO)(NCC(C)C(N)=NO)CC1. The molecule has 5 nitrogen and oxygen atoms in total.